The predicted octanol–water partition coefficient (Wildman–Crippen LogP) is 3.04. The summed E-state index contributed by atoms with van der Waals surface area (Å²) in [7, 11) is -6.00. The van der Waals surface area contributed by atoms with Gasteiger partial charge in [-0.05, 0) is 23.8 Å². The molecule has 16 heavy (non-hydrogen) atoms. The molecule has 1 aromatic heterocycles. The highest BCUT2D eigenvalue weighted by atomic mass is 19.5. The van der Waals surface area contributed by atoms with Crippen LogP contribution in [0.3, 0.4) is 0 Å². The van der Waals surface area contributed by atoms with Crippen LogP contribution in [0.2, 0.25) is 0 Å². The van der Waals surface area contributed by atoms with E-state index in [4.69, 9.17) is 4.52 Å². The lowest BCUT2D eigenvalue weighted by Crippen LogP contribution is -2.27. The summed E-state index contributed by atoms with van der Waals surface area (Å²) in [6.07, 6.45) is 2.01. The Kier molecular flexibility index (Phi) is 3.92. The molecule has 88 valence electrons. The van der Waals surface area contributed by atoms with Crippen LogP contribution in [-0.4, -0.2) is 7.25 Å². The number of benzene rings is 1. The van der Waals surface area contributed by atoms with E-state index < -0.39 is 7.25 Å². The average Bonchev–Trinajstić information content (AvgIpc) is 2.57. The van der Waals surface area contributed by atoms with Crippen LogP contribution in [0.15, 0.2) is 35.0 Å². The van der Waals surface area contributed by atoms with Gasteiger partial charge in [0, 0.05) is 0 Å². The van der Waals surface area contributed by atoms with Crippen LogP contribution in [-0.2, 0) is 6.54 Å². The molecule has 1 aromatic carbocycles. The fourth-order valence-electron chi connectivity index (χ4n) is 1.13. The second-order valence-corrected chi connectivity index (χ2v) is 2.99. The number of rotatable bonds is 1. The molecule has 0 radical (unpaired) electrons. The van der Waals surface area contributed by atoms with Gasteiger partial charge in [-0.2, -0.15) is 0 Å². The lowest BCUT2D eigenvalue weighted by molar-refractivity contribution is -0.857. The van der Waals surface area contributed by atoms with Gasteiger partial charge in [-0.3, -0.25) is 0 Å². The van der Waals surface area contributed by atoms with Crippen molar-refractivity contribution in [3.8, 4) is 0 Å². The number of para-hydroxylation sites is 1. The molecule has 7 heteroatoms. The van der Waals surface area contributed by atoms with Gasteiger partial charge in [-0.15, -0.1) is 0 Å². The molecule has 0 saturated carbocycles. The van der Waals surface area contributed by atoms with Crippen LogP contribution in [0.4, 0.5) is 17.3 Å². The summed E-state index contributed by atoms with van der Waals surface area (Å²) >= 11 is 0. The van der Waals surface area contributed by atoms with Gasteiger partial charge >= 0.3 is 7.25 Å². The standard InChI is InChI=1S/C9H10NO.BF4/c1-2-10-7-8-5-3-4-6-9(8)11-10;2-1(3,4)5/h3-7H,2H2,1H3;/q+1;-1. The maximum atomic E-state index is 9.75. The number of hydrogen-bond acceptors (Lipinski definition) is 1. The van der Waals surface area contributed by atoms with Gasteiger partial charge in [0.2, 0.25) is 11.8 Å². The molecule has 0 spiro atoms. The normalized spacial score (nSPS) is 11.1. The quantitative estimate of drug-likeness (QED) is 0.421. The number of fused-ring (bicyclic) bond motifs is 1. The topological polar surface area (TPSA) is 17.0 Å². The van der Waals surface area contributed by atoms with Crippen molar-refractivity contribution < 1.29 is 26.5 Å². The van der Waals surface area contributed by atoms with Crippen LogP contribution in [0.5, 0.6) is 0 Å². The Labute approximate surface area is 89.5 Å². The monoisotopic (exact) mass is 235 g/mol. The van der Waals surface area contributed by atoms with Crippen LogP contribution in [0.1, 0.15) is 6.92 Å². The van der Waals surface area contributed by atoms with Crippen molar-refractivity contribution in [1.29, 1.82) is 0 Å². The van der Waals surface area contributed by atoms with Gasteiger partial charge in [0.05, 0.1) is 5.39 Å². The van der Waals surface area contributed by atoms with Crippen molar-refractivity contribution in [2.45, 2.75) is 13.5 Å². The van der Waals surface area contributed by atoms with Gasteiger partial charge < -0.3 is 17.3 Å². The van der Waals surface area contributed by atoms with Gasteiger partial charge in [-0.1, -0.05) is 12.1 Å². The first-order valence-corrected chi connectivity index (χ1v) is 4.66. The van der Waals surface area contributed by atoms with Crippen molar-refractivity contribution in [1.82, 2.24) is 0 Å². The Bertz CT molecular complexity index is 415. The highest BCUT2D eigenvalue weighted by Crippen LogP contribution is 2.09. The summed E-state index contributed by atoms with van der Waals surface area (Å²) < 4.78 is 46.3. The second-order valence-electron chi connectivity index (χ2n) is 2.99. The zero-order chi connectivity index (χ0) is 12.2. The first-order chi connectivity index (χ1) is 7.40. The summed E-state index contributed by atoms with van der Waals surface area (Å²) in [5, 5.41) is 1.16. The molecule has 2 nitrogen and oxygen atoms in total. The summed E-state index contributed by atoms with van der Waals surface area (Å²) in [4.78, 5) is 0. The number of aryl methyl sites for hydroxylation is 1. The molecule has 2 aromatic rings. The van der Waals surface area contributed by atoms with Crippen molar-refractivity contribution >= 4 is 18.2 Å². The van der Waals surface area contributed by atoms with E-state index in [-0.39, 0.29) is 0 Å². The zero-order valence-corrected chi connectivity index (χ0v) is 8.54. The van der Waals surface area contributed by atoms with E-state index in [1.807, 2.05) is 35.2 Å². The Hall–Kier alpha value is -1.53. The Morgan fingerprint density at radius 3 is 2.25 bits per heavy atom. The number of nitrogens with zero attached hydrogens (tertiary/aromatic N) is 1. The van der Waals surface area contributed by atoms with Crippen molar-refractivity contribution in [2.24, 2.45) is 0 Å². The minimum absolute atomic E-state index is 0.884. The van der Waals surface area contributed by atoms with Crippen molar-refractivity contribution in [3.05, 3.63) is 30.5 Å². The molecule has 0 bridgehead atoms. The van der Waals surface area contributed by atoms with E-state index in [9.17, 15) is 17.3 Å². The van der Waals surface area contributed by atoms with E-state index in [1.54, 1.807) is 0 Å². The van der Waals surface area contributed by atoms with Crippen LogP contribution in [0, 0.1) is 0 Å². The summed E-state index contributed by atoms with van der Waals surface area (Å²) in [6.45, 7) is 2.94. The average molecular weight is 235 g/mol. The lowest BCUT2D eigenvalue weighted by atomic mass is 10.3. The molecule has 0 N–H and O–H groups in total. The Balaban J connectivity index is 0.000000221. The third-order valence-electron chi connectivity index (χ3n) is 1.73. The molecule has 0 fully saturated rings. The van der Waals surface area contributed by atoms with E-state index in [2.05, 4.69) is 6.92 Å². The first-order valence-electron chi connectivity index (χ1n) is 4.66. The molecular formula is C9H10BF4NO. The highest BCUT2D eigenvalue weighted by Gasteiger charge is 2.20. The fourth-order valence-corrected chi connectivity index (χ4v) is 1.13. The largest absolute Gasteiger partial charge is 0.673 e. The minimum atomic E-state index is -6.00. The summed E-state index contributed by atoms with van der Waals surface area (Å²) in [5.74, 6) is 0. The molecule has 0 atom stereocenters. The third kappa shape index (κ3) is 4.33. The molecule has 0 aliphatic rings. The summed E-state index contributed by atoms with van der Waals surface area (Å²) in [5.41, 5.74) is 0.953. The van der Waals surface area contributed by atoms with E-state index >= 15 is 0 Å². The zero-order valence-electron chi connectivity index (χ0n) is 8.54. The molecule has 0 aliphatic carbocycles. The van der Waals surface area contributed by atoms with E-state index in [1.165, 1.54) is 0 Å². The maximum absolute atomic E-state index is 9.75. The first kappa shape index (κ1) is 12.5. The Morgan fingerprint density at radius 1 is 1.19 bits per heavy atom. The Morgan fingerprint density at radius 2 is 1.75 bits per heavy atom. The smallest absolute Gasteiger partial charge is 0.418 e. The molecular weight excluding hydrogens is 225 g/mol. The number of aromatic nitrogens is 1. The number of halogens is 4. The molecule has 0 unspecified atom stereocenters. The maximum Gasteiger partial charge on any atom is 0.673 e. The van der Waals surface area contributed by atoms with Gasteiger partial charge in [0.15, 0.2) is 6.54 Å². The molecule has 0 amide bonds. The fraction of sp³-hybridized carbons (Fsp3) is 0.222. The third-order valence-corrected chi connectivity index (χ3v) is 1.73. The van der Waals surface area contributed by atoms with Crippen LogP contribution >= 0.6 is 0 Å². The van der Waals surface area contributed by atoms with Gasteiger partial charge in [0.25, 0.3) is 0 Å². The van der Waals surface area contributed by atoms with E-state index in [0.29, 0.717) is 0 Å². The van der Waals surface area contributed by atoms with Crippen LogP contribution in [0.25, 0.3) is 11.0 Å². The predicted molar refractivity (Wildman–Crippen MR) is 52.3 cm³/mol. The molecule has 0 aliphatic heterocycles. The highest BCUT2D eigenvalue weighted by molar-refractivity contribution is 6.50. The molecule has 1 heterocycles. The lowest BCUT2D eigenvalue weighted by Gasteiger charge is -1.94. The molecule has 2 rings (SSSR count). The van der Waals surface area contributed by atoms with E-state index in [0.717, 1.165) is 17.5 Å². The van der Waals surface area contributed by atoms with Gasteiger partial charge in [-0.25, -0.2) is 4.52 Å². The number of hydrogen-bond donors (Lipinski definition) is 0. The van der Waals surface area contributed by atoms with Gasteiger partial charge in [0.1, 0.15) is 0 Å². The summed E-state index contributed by atoms with van der Waals surface area (Å²) in [6, 6.07) is 8.01. The van der Waals surface area contributed by atoms with Crippen molar-refractivity contribution in [2.75, 3.05) is 0 Å². The second kappa shape index (κ2) is 5.00. The minimum Gasteiger partial charge on any atom is -0.418 e. The van der Waals surface area contributed by atoms with Crippen LogP contribution < -0.4 is 4.74 Å². The SMILES string of the molecule is CC[n+]1cc2ccccc2o1.F[B-](F)(F)F. The van der Waals surface area contributed by atoms with Crippen molar-refractivity contribution in [3.63, 3.8) is 0 Å². The molecule has 0 saturated heterocycles.